The van der Waals surface area contributed by atoms with Gasteiger partial charge in [-0.3, -0.25) is 0 Å². The number of rotatable bonds is 5. The molecule has 2 heterocycles. The summed E-state index contributed by atoms with van der Waals surface area (Å²) in [7, 11) is 0. The summed E-state index contributed by atoms with van der Waals surface area (Å²) in [5, 5.41) is 1.29. The molecule has 6 heteroatoms. The van der Waals surface area contributed by atoms with Crippen LogP contribution in [0.1, 0.15) is 0 Å². The summed E-state index contributed by atoms with van der Waals surface area (Å²) in [6, 6.07) is 18.6. The highest BCUT2D eigenvalue weighted by Crippen LogP contribution is 2.29. The van der Waals surface area contributed by atoms with Crippen LogP contribution in [0.3, 0.4) is 0 Å². The third kappa shape index (κ3) is 4.24. The molecule has 0 spiro atoms. The molecule has 1 saturated heterocycles. The highest BCUT2D eigenvalue weighted by molar-refractivity contribution is 7.13. The molecular weight excluding hydrogens is 354 g/mol. The largest absolute Gasteiger partial charge is 1.00 e. The van der Waals surface area contributed by atoms with Gasteiger partial charge >= 0.3 is 0 Å². The zero-order valence-corrected chi connectivity index (χ0v) is 15.6. The third-order valence-electron chi connectivity index (χ3n) is 4.60. The number of hydrogen-bond acceptors (Lipinski definition) is 4. The molecule has 0 atom stereocenters. The van der Waals surface area contributed by atoms with Crippen LogP contribution >= 0.6 is 11.5 Å². The number of quaternary nitrogens is 1. The number of fused-ring (bicyclic) bond motifs is 1. The smallest absolute Gasteiger partial charge is 0.150 e. The maximum atomic E-state index is 5.82. The normalized spacial score (nSPS) is 15.1. The van der Waals surface area contributed by atoms with E-state index in [-0.39, 0.29) is 12.4 Å². The van der Waals surface area contributed by atoms with Gasteiger partial charge in [-0.25, -0.2) is 0 Å². The lowest BCUT2D eigenvalue weighted by molar-refractivity contribution is -0.900. The van der Waals surface area contributed by atoms with E-state index in [1.165, 1.54) is 10.1 Å². The molecule has 1 aromatic heterocycles. The highest BCUT2D eigenvalue weighted by Gasteiger charge is 2.22. The predicted octanol–water partition coefficient (Wildman–Crippen LogP) is -0.916. The van der Waals surface area contributed by atoms with Gasteiger partial charge in [0.05, 0.1) is 30.9 Å². The van der Waals surface area contributed by atoms with E-state index < -0.39 is 0 Å². The van der Waals surface area contributed by atoms with Crippen molar-refractivity contribution in [1.29, 1.82) is 0 Å². The van der Waals surface area contributed by atoms with Crippen molar-refractivity contribution in [3.05, 3.63) is 54.6 Å². The molecule has 4 rings (SSSR count). The van der Waals surface area contributed by atoms with Crippen molar-refractivity contribution in [2.75, 3.05) is 44.2 Å². The summed E-state index contributed by atoms with van der Waals surface area (Å²) in [6.45, 7) is 6.25. The highest BCUT2D eigenvalue weighted by atomic mass is 35.5. The molecule has 0 bridgehead atoms. The Bertz CT molecular complexity index is 787. The molecule has 25 heavy (non-hydrogen) atoms. The van der Waals surface area contributed by atoms with Crippen LogP contribution in [0.15, 0.2) is 54.6 Å². The van der Waals surface area contributed by atoms with Gasteiger partial charge in [-0.15, -0.1) is 0 Å². The Kier molecular flexibility index (Phi) is 6.13. The van der Waals surface area contributed by atoms with Gasteiger partial charge in [-0.1, -0.05) is 30.3 Å². The quantitative estimate of drug-likeness (QED) is 0.626. The van der Waals surface area contributed by atoms with Gasteiger partial charge in [-0.2, -0.15) is 4.37 Å². The Morgan fingerprint density at radius 3 is 2.52 bits per heavy atom. The molecule has 4 nitrogen and oxygen atoms in total. The monoisotopic (exact) mass is 375 g/mol. The number of hydrogen-bond donors (Lipinski definition) is 1. The lowest BCUT2D eigenvalue weighted by Crippen LogP contribution is -3.15. The van der Waals surface area contributed by atoms with Crippen molar-refractivity contribution in [3.8, 4) is 5.75 Å². The number of nitrogens with one attached hydrogen (secondary N) is 1. The Hall–Kier alpha value is -1.82. The van der Waals surface area contributed by atoms with Gasteiger partial charge < -0.3 is 26.9 Å². The van der Waals surface area contributed by atoms with Crippen LogP contribution in [0, 0.1) is 0 Å². The molecule has 1 fully saturated rings. The number of aromatic nitrogens is 1. The first-order chi connectivity index (χ1) is 11.9. The summed E-state index contributed by atoms with van der Waals surface area (Å²) in [5.74, 6) is 2.12. The van der Waals surface area contributed by atoms with Crippen LogP contribution < -0.4 is 26.9 Å². The summed E-state index contributed by atoms with van der Waals surface area (Å²) >= 11 is 1.60. The van der Waals surface area contributed by atoms with E-state index in [0.29, 0.717) is 0 Å². The third-order valence-corrected chi connectivity index (χ3v) is 5.41. The van der Waals surface area contributed by atoms with E-state index in [0.717, 1.165) is 50.9 Å². The van der Waals surface area contributed by atoms with Crippen molar-refractivity contribution >= 4 is 27.4 Å². The van der Waals surface area contributed by atoms with E-state index >= 15 is 0 Å². The number of benzene rings is 2. The second-order valence-corrected chi connectivity index (χ2v) is 6.96. The minimum atomic E-state index is 0. The number of nitrogens with zero attached hydrogens (tertiary/aromatic N) is 2. The second-order valence-electron chi connectivity index (χ2n) is 6.15. The number of ether oxygens (including phenoxy) is 1. The molecule has 0 aliphatic carbocycles. The van der Waals surface area contributed by atoms with Gasteiger partial charge in [0.25, 0.3) is 0 Å². The number of halogens is 1. The fourth-order valence-corrected chi connectivity index (χ4v) is 4.01. The molecule has 0 saturated carbocycles. The first-order valence-electron chi connectivity index (χ1n) is 8.51. The van der Waals surface area contributed by atoms with Crippen molar-refractivity contribution < 1.29 is 22.0 Å². The number of piperazine rings is 1. The number of para-hydroxylation sites is 1. The Balaban J connectivity index is 0.00000182. The topological polar surface area (TPSA) is 29.8 Å². The van der Waals surface area contributed by atoms with Crippen LogP contribution in [-0.2, 0) is 0 Å². The molecule has 3 aromatic rings. The Morgan fingerprint density at radius 2 is 1.72 bits per heavy atom. The molecule has 0 radical (unpaired) electrons. The van der Waals surface area contributed by atoms with Crippen LogP contribution in [0.5, 0.6) is 5.75 Å². The second kappa shape index (κ2) is 8.52. The van der Waals surface area contributed by atoms with E-state index in [9.17, 15) is 0 Å². The number of anilines is 1. The van der Waals surface area contributed by atoms with Gasteiger partial charge in [0, 0.05) is 5.39 Å². The molecule has 0 amide bonds. The Morgan fingerprint density at radius 1 is 1.00 bits per heavy atom. The fraction of sp³-hybridized carbons (Fsp3) is 0.316. The van der Waals surface area contributed by atoms with Crippen molar-refractivity contribution in [2.24, 2.45) is 0 Å². The van der Waals surface area contributed by atoms with Crippen molar-refractivity contribution in [2.45, 2.75) is 0 Å². The molecule has 0 unspecified atom stereocenters. The lowest BCUT2D eigenvalue weighted by Gasteiger charge is -2.32. The molecule has 2 aromatic carbocycles. The molecular formula is C19H22ClN3OS. The van der Waals surface area contributed by atoms with Crippen LogP contribution in [0.2, 0.25) is 0 Å². The van der Waals surface area contributed by atoms with E-state index in [1.807, 2.05) is 30.3 Å². The lowest BCUT2D eigenvalue weighted by atomic mass is 10.2. The van der Waals surface area contributed by atoms with Crippen molar-refractivity contribution in [1.82, 2.24) is 4.37 Å². The summed E-state index contributed by atoms with van der Waals surface area (Å²) in [4.78, 5) is 4.04. The first kappa shape index (κ1) is 18.0. The average molecular weight is 376 g/mol. The van der Waals surface area contributed by atoms with Crippen molar-refractivity contribution in [3.63, 3.8) is 0 Å². The maximum Gasteiger partial charge on any atom is 0.150 e. The standard InChI is InChI=1S/C19H21N3OS.ClH/c1-2-6-16(7-3-1)23-15-14-21-10-12-22(13-11-21)19-17-8-4-5-9-18(17)24-20-19;/h1-9H,10-15H2;1H. The van der Waals surface area contributed by atoms with Crippen LogP contribution in [0.4, 0.5) is 5.82 Å². The summed E-state index contributed by atoms with van der Waals surface area (Å²) in [5.41, 5.74) is 0. The minimum absolute atomic E-state index is 0. The van der Waals surface area contributed by atoms with E-state index in [1.54, 1.807) is 16.4 Å². The van der Waals surface area contributed by atoms with E-state index in [4.69, 9.17) is 4.74 Å². The van der Waals surface area contributed by atoms with Gasteiger partial charge in [0.15, 0.2) is 5.82 Å². The average Bonchev–Trinajstić information content (AvgIpc) is 3.07. The van der Waals surface area contributed by atoms with Crippen LogP contribution in [-0.4, -0.2) is 43.7 Å². The molecule has 1 aliphatic heterocycles. The summed E-state index contributed by atoms with van der Waals surface area (Å²) < 4.78 is 11.8. The zero-order chi connectivity index (χ0) is 16.2. The minimum Gasteiger partial charge on any atom is -1.00 e. The first-order valence-corrected chi connectivity index (χ1v) is 9.28. The maximum absolute atomic E-state index is 5.82. The van der Waals surface area contributed by atoms with Gasteiger partial charge in [-0.05, 0) is 35.8 Å². The molecule has 1 aliphatic rings. The van der Waals surface area contributed by atoms with E-state index in [2.05, 4.69) is 33.5 Å². The van der Waals surface area contributed by atoms with Gasteiger partial charge in [0.1, 0.15) is 18.9 Å². The SMILES string of the molecule is [Cl-].c1ccc(OCC[NH+]2CCN(c3nsc4ccccc34)CC2)cc1. The zero-order valence-electron chi connectivity index (χ0n) is 14.0. The molecule has 1 N–H and O–H groups in total. The van der Waals surface area contributed by atoms with Crippen LogP contribution in [0.25, 0.3) is 10.1 Å². The Labute approximate surface area is 158 Å². The summed E-state index contributed by atoms with van der Waals surface area (Å²) in [6.07, 6.45) is 0. The predicted molar refractivity (Wildman–Crippen MR) is 99.3 cm³/mol. The molecule has 132 valence electrons. The van der Waals surface area contributed by atoms with Gasteiger partial charge in [0.2, 0.25) is 0 Å². The fourth-order valence-electron chi connectivity index (χ4n) is 3.22.